The van der Waals surface area contributed by atoms with Gasteiger partial charge in [0.05, 0.1) is 12.2 Å². The summed E-state index contributed by atoms with van der Waals surface area (Å²) >= 11 is 0. The number of carbonyl (C=O) groups is 2. The van der Waals surface area contributed by atoms with Crippen molar-refractivity contribution in [3.8, 4) is 16.9 Å². The fraction of sp³-hybridized carbons (Fsp3) is 0.217. The predicted molar refractivity (Wildman–Crippen MR) is 117 cm³/mol. The SMILES string of the molecule is CC(C)(C)NC(=O)CNC(=O)/C=C/c1cn(-c2ccccc2)nc1-c1cccnc1. The lowest BCUT2D eigenvalue weighted by Gasteiger charge is -2.20. The van der Waals surface area contributed by atoms with E-state index in [1.807, 2.05) is 69.4 Å². The predicted octanol–water partition coefficient (Wildman–Crippen LogP) is 2.98. The third-order valence-corrected chi connectivity index (χ3v) is 4.05. The number of amides is 2. The molecule has 0 saturated heterocycles. The highest BCUT2D eigenvalue weighted by Crippen LogP contribution is 2.24. The lowest BCUT2D eigenvalue weighted by atomic mass is 10.1. The van der Waals surface area contributed by atoms with Gasteiger partial charge >= 0.3 is 0 Å². The Kier molecular flexibility index (Phi) is 6.41. The van der Waals surface area contributed by atoms with Gasteiger partial charge < -0.3 is 10.6 Å². The van der Waals surface area contributed by atoms with Gasteiger partial charge in [0, 0.05) is 41.3 Å². The van der Waals surface area contributed by atoms with Crippen molar-refractivity contribution in [2.24, 2.45) is 0 Å². The molecule has 7 nitrogen and oxygen atoms in total. The molecule has 0 aliphatic carbocycles. The zero-order chi connectivity index (χ0) is 21.6. The lowest BCUT2D eigenvalue weighted by molar-refractivity contribution is -0.124. The number of carbonyl (C=O) groups excluding carboxylic acids is 2. The first-order valence-corrected chi connectivity index (χ1v) is 9.64. The molecule has 2 amide bonds. The first-order valence-electron chi connectivity index (χ1n) is 9.64. The Morgan fingerprint density at radius 3 is 2.53 bits per heavy atom. The fourth-order valence-corrected chi connectivity index (χ4v) is 2.80. The van der Waals surface area contributed by atoms with Gasteiger partial charge in [-0.1, -0.05) is 18.2 Å². The van der Waals surface area contributed by atoms with Crippen LogP contribution in [0.25, 0.3) is 23.0 Å². The van der Waals surface area contributed by atoms with E-state index in [0.717, 1.165) is 16.8 Å². The molecule has 0 radical (unpaired) electrons. The van der Waals surface area contributed by atoms with Gasteiger partial charge in [0.15, 0.2) is 0 Å². The maximum Gasteiger partial charge on any atom is 0.244 e. The van der Waals surface area contributed by atoms with E-state index in [2.05, 4.69) is 20.7 Å². The van der Waals surface area contributed by atoms with Crippen molar-refractivity contribution in [1.82, 2.24) is 25.4 Å². The van der Waals surface area contributed by atoms with Gasteiger partial charge in [-0.25, -0.2) is 4.68 Å². The van der Waals surface area contributed by atoms with Crippen LogP contribution in [0.3, 0.4) is 0 Å². The molecule has 1 aromatic carbocycles. The maximum absolute atomic E-state index is 12.2. The van der Waals surface area contributed by atoms with Crippen LogP contribution in [0.2, 0.25) is 0 Å². The molecule has 2 N–H and O–H groups in total. The minimum atomic E-state index is -0.358. The summed E-state index contributed by atoms with van der Waals surface area (Å²) in [5.74, 6) is -0.596. The number of pyridine rings is 1. The molecule has 0 aliphatic heterocycles. The molecule has 30 heavy (non-hydrogen) atoms. The molecule has 7 heteroatoms. The summed E-state index contributed by atoms with van der Waals surface area (Å²) < 4.78 is 1.76. The van der Waals surface area contributed by atoms with E-state index in [4.69, 9.17) is 0 Å². The Bertz CT molecular complexity index is 1030. The molecule has 0 aliphatic rings. The molecule has 0 saturated carbocycles. The summed E-state index contributed by atoms with van der Waals surface area (Å²) in [6, 6.07) is 13.5. The second-order valence-corrected chi connectivity index (χ2v) is 7.80. The van der Waals surface area contributed by atoms with Crippen LogP contribution in [0, 0.1) is 0 Å². The molecular weight excluding hydrogens is 378 g/mol. The number of nitrogens with one attached hydrogen (secondary N) is 2. The highest BCUT2D eigenvalue weighted by atomic mass is 16.2. The summed E-state index contributed by atoms with van der Waals surface area (Å²) in [5, 5.41) is 10.1. The second-order valence-electron chi connectivity index (χ2n) is 7.80. The van der Waals surface area contributed by atoms with Gasteiger partial charge in [0.1, 0.15) is 5.69 Å². The highest BCUT2D eigenvalue weighted by Gasteiger charge is 2.14. The molecule has 2 aromatic heterocycles. The number of benzene rings is 1. The topological polar surface area (TPSA) is 88.9 Å². The molecule has 3 aromatic rings. The van der Waals surface area contributed by atoms with Gasteiger partial charge in [-0.15, -0.1) is 0 Å². The Balaban J connectivity index is 1.78. The van der Waals surface area contributed by atoms with Crippen molar-refractivity contribution in [2.45, 2.75) is 26.3 Å². The van der Waals surface area contributed by atoms with Crippen LogP contribution in [0.5, 0.6) is 0 Å². The molecule has 0 bridgehead atoms. The molecule has 3 rings (SSSR count). The molecule has 154 valence electrons. The monoisotopic (exact) mass is 403 g/mol. The van der Waals surface area contributed by atoms with E-state index < -0.39 is 0 Å². The van der Waals surface area contributed by atoms with Crippen LogP contribution in [-0.2, 0) is 9.59 Å². The van der Waals surface area contributed by atoms with Crippen LogP contribution in [0.1, 0.15) is 26.3 Å². The average Bonchev–Trinajstić information content (AvgIpc) is 3.15. The third-order valence-electron chi connectivity index (χ3n) is 4.05. The van der Waals surface area contributed by atoms with Crippen molar-refractivity contribution >= 4 is 17.9 Å². The van der Waals surface area contributed by atoms with Crippen molar-refractivity contribution in [3.05, 3.63) is 72.7 Å². The maximum atomic E-state index is 12.2. The Morgan fingerprint density at radius 2 is 1.87 bits per heavy atom. The van der Waals surface area contributed by atoms with Crippen LogP contribution < -0.4 is 10.6 Å². The number of rotatable bonds is 6. The van der Waals surface area contributed by atoms with Crippen LogP contribution >= 0.6 is 0 Å². The minimum Gasteiger partial charge on any atom is -0.350 e. The summed E-state index contributed by atoms with van der Waals surface area (Å²) in [4.78, 5) is 28.2. The van der Waals surface area contributed by atoms with Crippen molar-refractivity contribution in [1.29, 1.82) is 0 Å². The van der Waals surface area contributed by atoms with Crippen LogP contribution in [0.15, 0.2) is 67.1 Å². The van der Waals surface area contributed by atoms with E-state index in [0.29, 0.717) is 5.69 Å². The molecular formula is C23H25N5O2. The Hall–Kier alpha value is -3.74. The summed E-state index contributed by atoms with van der Waals surface area (Å²) in [6.45, 7) is 5.57. The number of hydrogen-bond acceptors (Lipinski definition) is 4. The highest BCUT2D eigenvalue weighted by molar-refractivity contribution is 5.95. The number of nitrogens with zero attached hydrogens (tertiary/aromatic N) is 3. The standard InChI is InChI=1S/C23H25N5O2/c1-23(2,3)26-21(30)15-25-20(29)12-11-18-16-28(19-9-5-4-6-10-19)27-22(18)17-8-7-13-24-14-17/h4-14,16H,15H2,1-3H3,(H,25,29)(H,26,30)/b12-11+. The van der Waals surface area contributed by atoms with E-state index in [1.54, 1.807) is 23.2 Å². The van der Waals surface area contributed by atoms with E-state index in [-0.39, 0.29) is 23.9 Å². The van der Waals surface area contributed by atoms with Crippen molar-refractivity contribution in [3.63, 3.8) is 0 Å². The summed E-state index contributed by atoms with van der Waals surface area (Å²) in [6.07, 6.45) is 8.37. The van der Waals surface area contributed by atoms with E-state index >= 15 is 0 Å². The molecule has 0 fully saturated rings. The number of aromatic nitrogens is 3. The normalized spacial score (nSPS) is 11.4. The van der Waals surface area contributed by atoms with Gasteiger partial charge in [0.25, 0.3) is 0 Å². The molecule has 2 heterocycles. The van der Waals surface area contributed by atoms with E-state index in [9.17, 15) is 9.59 Å². The number of hydrogen-bond donors (Lipinski definition) is 2. The fourth-order valence-electron chi connectivity index (χ4n) is 2.80. The first-order chi connectivity index (χ1) is 14.3. The zero-order valence-corrected chi connectivity index (χ0v) is 17.3. The first kappa shape index (κ1) is 21.0. The molecule has 0 spiro atoms. The Morgan fingerprint density at radius 1 is 1.10 bits per heavy atom. The van der Waals surface area contributed by atoms with Gasteiger partial charge in [-0.05, 0) is 51.1 Å². The van der Waals surface area contributed by atoms with Crippen molar-refractivity contribution in [2.75, 3.05) is 6.54 Å². The van der Waals surface area contributed by atoms with E-state index in [1.165, 1.54) is 6.08 Å². The second kappa shape index (κ2) is 9.17. The largest absolute Gasteiger partial charge is 0.350 e. The van der Waals surface area contributed by atoms with Gasteiger partial charge in [-0.3, -0.25) is 14.6 Å². The lowest BCUT2D eigenvalue weighted by Crippen LogP contribution is -2.45. The summed E-state index contributed by atoms with van der Waals surface area (Å²) in [7, 11) is 0. The summed E-state index contributed by atoms with van der Waals surface area (Å²) in [5.41, 5.74) is 2.88. The minimum absolute atomic E-state index is 0.0841. The number of para-hydroxylation sites is 1. The molecule has 0 unspecified atom stereocenters. The van der Waals surface area contributed by atoms with Crippen LogP contribution in [0.4, 0.5) is 0 Å². The zero-order valence-electron chi connectivity index (χ0n) is 17.3. The Labute approximate surface area is 175 Å². The van der Waals surface area contributed by atoms with Gasteiger partial charge in [0.2, 0.25) is 11.8 Å². The molecule has 0 atom stereocenters. The smallest absolute Gasteiger partial charge is 0.244 e. The van der Waals surface area contributed by atoms with Gasteiger partial charge in [-0.2, -0.15) is 5.10 Å². The van der Waals surface area contributed by atoms with Crippen LogP contribution in [-0.4, -0.2) is 38.7 Å². The third kappa shape index (κ3) is 5.88. The quantitative estimate of drug-likeness (QED) is 0.619. The average molecular weight is 403 g/mol. The van der Waals surface area contributed by atoms with Crippen molar-refractivity contribution < 1.29 is 9.59 Å².